The molecule has 1 heterocycles. The zero-order valence-corrected chi connectivity index (χ0v) is 19.5. The highest BCUT2D eigenvalue weighted by Crippen LogP contribution is 2.37. The van der Waals surface area contributed by atoms with Gasteiger partial charge in [-0.25, -0.2) is 9.69 Å². The summed E-state index contributed by atoms with van der Waals surface area (Å²) in [6.07, 6.45) is 2.26. The van der Waals surface area contributed by atoms with Gasteiger partial charge in [0.2, 0.25) is 0 Å². The molecule has 2 aromatic rings. The normalized spacial score (nSPS) is 15.1. The van der Waals surface area contributed by atoms with Gasteiger partial charge in [0.25, 0.3) is 11.8 Å². The number of barbiturate groups is 1. The third-order valence-corrected chi connectivity index (χ3v) is 5.11. The number of hydrogen-bond acceptors (Lipinski definition) is 6. The molecular weight excluding hydrogens is 480 g/mol. The number of methoxy groups -OCH3 is 1. The third kappa shape index (κ3) is 4.94. The Kier molecular flexibility index (Phi) is 7.53. The Hall–Kier alpha value is -3.33. The molecule has 2 aromatic carbocycles. The van der Waals surface area contributed by atoms with Crippen molar-refractivity contribution in [1.82, 2.24) is 5.32 Å². The van der Waals surface area contributed by atoms with Crippen LogP contribution in [0.1, 0.15) is 25.8 Å². The Bertz CT molecular complexity index is 1060. The third-order valence-electron chi connectivity index (χ3n) is 4.52. The minimum Gasteiger partial charge on any atom is -0.494 e. The molecule has 8 nitrogen and oxygen atoms in total. The standard InChI is InChI=1S/C23H23BrN2O6/c1-4-10-32-16-8-6-15(7-9-16)26-22(28)17(21(27)25-23(26)29)11-14-12-18(24)20(31-5-2)19(13-14)30-3/h6-9,11-13H,4-5,10H2,1-3H3,(H,25,27,29)/b17-11-. The van der Waals surface area contributed by atoms with Crippen molar-refractivity contribution < 1.29 is 28.6 Å². The first kappa shape index (κ1) is 23.3. The molecule has 0 radical (unpaired) electrons. The van der Waals surface area contributed by atoms with Crippen LogP contribution >= 0.6 is 15.9 Å². The number of carbonyl (C=O) groups excluding carboxylic acids is 3. The van der Waals surface area contributed by atoms with Gasteiger partial charge >= 0.3 is 6.03 Å². The van der Waals surface area contributed by atoms with Gasteiger partial charge in [0.15, 0.2) is 11.5 Å². The van der Waals surface area contributed by atoms with Gasteiger partial charge in [0.1, 0.15) is 11.3 Å². The first-order chi connectivity index (χ1) is 15.4. The van der Waals surface area contributed by atoms with Crippen molar-refractivity contribution >= 4 is 45.5 Å². The summed E-state index contributed by atoms with van der Waals surface area (Å²) in [6.45, 7) is 4.84. The van der Waals surface area contributed by atoms with Gasteiger partial charge in [0.05, 0.1) is 30.5 Å². The number of benzene rings is 2. The number of urea groups is 1. The molecule has 1 N–H and O–H groups in total. The number of nitrogens with one attached hydrogen (secondary N) is 1. The van der Waals surface area contributed by atoms with Gasteiger partial charge in [-0.2, -0.15) is 0 Å². The molecule has 0 bridgehead atoms. The van der Waals surface area contributed by atoms with Crippen LogP contribution < -0.4 is 24.4 Å². The molecule has 1 saturated heterocycles. The molecular formula is C23H23BrN2O6. The van der Waals surface area contributed by atoms with Gasteiger partial charge < -0.3 is 14.2 Å². The molecule has 1 aliphatic rings. The van der Waals surface area contributed by atoms with E-state index in [0.717, 1.165) is 11.3 Å². The highest BCUT2D eigenvalue weighted by Gasteiger charge is 2.36. The summed E-state index contributed by atoms with van der Waals surface area (Å²) in [4.78, 5) is 38.9. The summed E-state index contributed by atoms with van der Waals surface area (Å²) >= 11 is 3.42. The second kappa shape index (κ2) is 10.3. The van der Waals surface area contributed by atoms with E-state index in [0.29, 0.717) is 46.2 Å². The van der Waals surface area contributed by atoms with E-state index in [1.54, 1.807) is 36.4 Å². The van der Waals surface area contributed by atoms with E-state index in [1.165, 1.54) is 13.2 Å². The van der Waals surface area contributed by atoms with Crippen LogP contribution in [0.2, 0.25) is 0 Å². The molecule has 0 aromatic heterocycles. The van der Waals surface area contributed by atoms with Gasteiger partial charge in [-0.3, -0.25) is 14.9 Å². The van der Waals surface area contributed by atoms with Crippen molar-refractivity contribution in [2.75, 3.05) is 25.2 Å². The Balaban J connectivity index is 1.94. The van der Waals surface area contributed by atoms with E-state index in [9.17, 15) is 14.4 Å². The fourth-order valence-electron chi connectivity index (χ4n) is 3.08. The van der Waals surface area contributed by atoms with E-state index in [1.807, 2.05) is 13.8 Å². The van der Waals surface area contributed by atoms with Crippen molar-refractivity contribution in [2.45, 2.75) is 20.3 Å². The first-order valence-electron chi connectivity index (χ1n) is 10.0. The largest absolute Gasteiger partial charge is 0.494 e. The van der Waals surface area contributed by atoms with Crippen LogP contribution in [-0.2, 0) is 9.59 Å². The SMILES string of the molecule is CCCOc1ccc(N2C(=O)NC(=O)/C(=C/c3cc(Br)c(OCC)c(OC)c3)C2=O)cc1. The van der Waals surface area contributed by atoms with Crippen LogP contribution in [-0.4, -0.2) is 38.2 Å². The molecule has 0 saturated carbocycles. The molecule has 0 atom stereocenters. The smallest absolute Gasteiger partial charge is 0.335 e. The summed E-state index contributed by atoms with van der Waals surface area (Å²) in [6, 6.07) is 9.04. The second-order valence-electron chi connectivity index (χ2n) is 6.77. The average molecular weight is 503 g/mol. The number of imide groups is 2. The number of halogens is 1. The number of rotatable bonds is 8. The van der Waals surface area contributed by atoms with Gasteiger partial charge in [-0.05, 0) is 77.3 Å². The highest BCUT2D eigenvalue weighted by molar-refractivity contribution is 9.10. The lowest BCUT2D eigenvalue weighted by molar-refractivity contribution is -0.122. The van der Waals surface area contributed by atoms with Gasteiger partial charge in [-0.15, -0.1) is 0 Å². The quantitative estimate of drug-likeness (QED) is 0.426. The number of amides is 4. The van der Waals surface area contributed by atoms with Crippen LogP contribution in [0.25, 0.3) is 6.08 Å². The summed E-state index contributed by atoms with van der Waals surface area (Å²) in [7, 11) is 1.49. The Labute approximate surface area is 194 Å². The number of carbonyl (C=O) groups is 3. The molecule has 1 aliphatic heterocycles. The van der Waals surface area contributed by atoms with Gasteiger partial charge in [0, 0.05) is 0 Å². The maximum absolute atomic E-state index is 13.1. The summed E-state index contributed by atoms with van der Waals surface area (Å²) in [5, 5.41) is 2.21. The van der Waals surface area contributed by atoms with Crippen molar-refractivity contribution in [3.05, 3.63) is 52.0 Å². The molecule has 4 amide bonds. The summed E-state index contributed by atoms with van der Waals surface area (Å²) < 4.78 is 17.1. The molecule has 168 valence electrons. The Morgan fingerprint density at radius 1 is 1.06 bits per heavy atom. The van der Waals surface area contributed by atoms with Crippen LogP contribution in [0.5, 0.6) is 17.2 Å². The zero-order valence-electron chi connectivity index (χ0n) is 17.9. The maximum atomic E-state index is 13.1. The number of nitrogens with zero attached hydrogens (tertiary/aromatic N) is 1. The second-order valence-corrected chi connectivity index (χ2v) is 7.62. The lowest BCUT2D eigenvalue weighted by Gasteiger charge is -2.26. The van der Waals surface area contributed by atoms with Crippen LogP contribution in [0.15, 0.2) is 46.4 Å². The lowest BCUT2D eigenvalue weighted by atomic mass is 10.1. The summed E-state index contributed by atoms with van der Waals surface area (Å²) in [5.41, 5.74) is 0.655. The fourth-order valence-corrected chi connectivity index (χ4v) is 3.65. The Morgan fingerprint density at radius 2 is 1.78 bits per heavy atom. The molecule has 9 heteroatoms. The van der Waals surface area contributed by atoms with Crippen molar-refractivity contribution in [2.24, 2.45) is 0 Å². The maximum Gasteiger partial charge on any atom is 0.335 e. The molecule has 32 heavy (non-hydrogen) atoms. The molecule has 3 rings (SSSR count). The van der Waals surface area contributed by atoms with E-state index >= 15 is 0 Å². The predicted molar refractivity (Wildman–Crippen MR) is 123 cm³/mol. The molecule has 1 fully saturated rings. The predicted octanol–water partition coefficient (Wildman–Crippen LogP) is 4.31. The van der Waals surface area contributed by atoms with E-state index in [-0.39, 0.29) is 5.57 Å². The highest BCUT2D eigenvalue weighted by atomic mass is 79.9. The molecule has 0 unspecified atom stereocenters. The van der Waals surface area contributed by atoms with E-state index in [2.05, 4.69) is 21.2 Å². The lowest BCUT2D eigenvalue weighted by Crippen LogP contribution is -2.54. The van der Waals surface area contributed by atoms with Crippen LogP contribution in [0, 0.1) is 0 Å². The zero-order chi connectivity index (χ0) is 23.3. The Morgan fingerprint density at radius 3 is 2.41 bits per heavy atom. The minimum absolute atomic E-state index is 0.186. The first-order valence-corrected chi connectivity index (χ1v) is 10.8. The van der Waals surface area contributed by atoms with Crippen molar-refractivity contribution in [1.29, 1.82) is 0 Å². The molecule has 0 spiro atoms. The van der Waals surface area contributed by atoms with Crippen molar-refractivity contribution in [3.63, 3.8) is 0 Å². The van der Waals surface area contributed by atoms with Crippen LogP contribution in [0.3, 0.4) is 0 Å². The minimum atomic E-state index is -0.815. The molecule has 0 aliphatic carbocycles. The number of anilines is 1. The average Bonchev–Trinajstić information content (AvgIpc) is 2.77. The summed E-state index contributed by atoms with van der Waals surface area (Å²) in [5.74, 6) is 0.0674. The number of hydrogen-bond donors (Lipinski definition) is 1. The van der Waals surface area contributed by atoms with Gasteiger partial charge in [-0.1, -0.05) is 6.92 Å². The van der Waals surface area contributed by atoms with E-state index < -0.39 is 17.8 Å². The fraction of sp³-hybridized carbons (Fsp3) is 0.261. The van der Waals surface area contributed by atoms with Crippen molar-refractivity contribution in [3.8, 4) is 17.2 Å². The van der Waals surface area contributed by atoms with E-state index in [4.69, 9.17) is 14.2 Å². The number of ether oxygens (including phenoxy) is 3. The monoisotopic (exact) mass is 502 g/mol. The van der Waals surface area contributed by atoms with Crippen LogP contribution in [0.4, 0.5) is 10.5 Å². The topological polar surface area (TPSA) is 94.2 Å².